The molecular weight excluding hydrogens is 476 g/mol. The molecule has 0 aromatic heterocycles. The quantitative estimate of drug-likeness (QED) is 0.430. The Balaban J connectivity index is 2.47. The van der Waals surface area contributed by atoms with Gasteiger partial charge in [0.2, 0.25) is 0 Å². The minimum Gasteiger partial charge on any atom is -0.0786 e. The number of hydrogen-bond donors (Lipinski definition) is 0. The fourth-order valence-electron chi connectivity index (χ4n) is 1.56. The maximum Gasteiger partial charge on any atom is 0.0666 e. The van der Waals surface area contributed by atoms with Crippen LogP contribution in [0.3, 0.4) is 0 Å². The van der Waals surface area contributed by atoms with E-state index < -0.39 is 0 Å². The summed E-state index contributed by atoms with van der Waals surface area (Å²) in [5.41, 5.74) is 2.41. The molecule has 2 rings (SSSR count). The smallest absolute Gasteiger partial charge is 0.0666 e. The van der Waals surface area contributed by atoms with Gasteiger partial charge in [-0.1, -0.05) is 81.9 Å². The van der Waals surface area contributed by atoms with Gasteiger partial charge in [0.05, 0.1) is 4.83 Å². The van der Waals surface area contributed by atoms with E-state index in [1.54, 1.807) is 0 Å². The molecule has 17 heavy (non-hydrogen) atoms. The highest BCUT2D eigenvalue weighted by Crippen LogP contribution is 2.39. The van der Waals surface area contributed by atoms with E-state index >= 15 is 0 Å². The van der Waals surface area contributed by atoms with Crippen molar-refractivity contribution in [1.82, 2.24) is 0 Å². The minimum atomic E-state index is 0.157. The van der Waals surface area contributed by atoms with E-state index in [4.69, 9.17) is 0 Å². The Morgan fingerprint density at radius 1 is 0.765 bits per heavy atom. The van der Waals surface area contributed by atoms with Gasteiger partial charge >= 0.3 is 0 Å². The van der Waals surface area contributed by atoms with E-state index in [9.17, 15) is 0 Å². The van der Waals surface area contributed by atoms with Gasteiger partial charge in [0.25, 0.3) is 0 Å². The lowest BCUT2D eigenvalue weighted by molar-refractivity contribution is 1.15. The Labute approximate surface area is 134 Å². The monoisotopic (exact) mass is 480 g/mol. The average molecular weight is 484 g/mol. The Morgan fingerprint density at radius 3 is 2.12 bits per heavy atom. The van der Waals surface area contributed by atoms with Gasteiger partial charge in [-0.15, -0.1) is 0 Å². The van der Waals surface area contributed by atoms with Crippen molar-refractivity contribution < 1.29 is 0 Å². The molecule has 0 fully saturated rings. The molecule has 2 aromatic rings. The van der Waals surface area contributed by atoms with Crippen molar-refractivity contribution in [3.05, 3.63) is 67.0 Å². The standard InChI is InChI=1S/C13H8Br4/c14-8-5-6-12(16)10(7-8)13(17)9-3-1-2-4-11(9)15/h1-7,13H. The summed E-state index contributed by atoms with van der Waals surface area (Å²) in [5.74, 6) is 0. The van der Waals surface area contributed by atoms with Gasteiger partial charge < -0.3 is 0 Å². The molecule has 0 saturated carbocycles. The lowest BCUT2D eigenvalue weighted by Crippen LogP contribution is -1.95. The van der Waals surface area contributed by atoms with Crippen LogP contribution in [0.5, 0.6) is 0 Å². The van der Waals surface area contributed by atoms with Crippen LogP contribution in [-0.4, -0.2) is 0 Å². The minimum absolute atomic E-state index is 0.157. The first-order chi connectivity index (χ1) is 8.09. The molecule has 0 N–H and O–H groups in total. The van der Waals surface area contributed by atoms with E-state index in [1.165, 1.54) is 11.1 Å². The van der Waals surface area contributed by atoms with Crippen LogP contribution < -0.4 is 0 Å². The molecule has 0 bridgehead atoms. The highest BCUT2D eigenvalue weighted by molar-refractivity contribution is 9.11. The summed E-state index contributed by atoms with van der Waals surface area (Å²) in [6.45, 7) is 0. The molecule has 0 amide bonds. The van der Waals surface area contributed by atoms with Crippen LogP contribution in [0, 0.1) is 0 Å². The maximum absolute atomic E-state index is 3.75. The van der Waals surface area contributed by atoms with Crippen LogP contribution in [0.2, 0.25) is 0 Å². The summed E-state index contributed by atoms with van der Waals surface area (Å²) in [4.78, 5) is 0.157. The number of benzene rings is 2. The lowest BCUT2D eigenvalue weighted by Gasteiger charge is -2.14. The Morgan fingerprint density at radius 2 is 1.41 bits per heavy atom. The van der Waals surface area contributed by atoms with Crippen molar-refractivity contribution in [3.63, 3.8) is 0 Å². The SMILES string of the molecule is Brc1ccc(Br)c(C(Br)c2ccccc2Br)c1. The second kappa shape index (κ2) is 6.00. The van der Waals surface area contributed by atoms with Crippen molar-refractivity contribution in [1.29, 1.82) is 0 Å². The van der Waals surface area contributed by atoms with Gasteiger partial charge in [0.1, 0.15) is 0 Å². The average Bonchev–Trinajstić information content (AvgIpc) is 2.32. The normalized spacial score (nSPS) is 12.5. The van der Waals surface area contributed by atoms with Crippen LogP contribution >= 0.6 is 63.7 Å². The van der Waals surface area contributed by atoms with E-state index in [0.717, 1.165) is 13.4 Å². The molecule has 0 saturated heterocycles. The van der Waals surface area contributed by atoms with Crippen molar-refractivity contribution in [2.24, 2.45) is 0 Å². The molecule has 1 atom stereocenters. The first-order valence-corrected chi connectivity index (χ1v) is 8.22. The van der Waals surface area contributed by atoms with Crippen LogP contribution in [0.1, 0.15) is 16.0 Å². The summed E-state index contributed by atoms with van der Waals surface area (Å²) in [6.07, 6.45) is 0. The van der Waals surface area contributed by atoms with Crippen molar-refractivity contribution in [2.45, 2.75) is 4.83 Å². The topological polar surface area (TPSA) is 0 Å². The van der Waals surface area contributed by atoms with Crippen molar-refractivity contribution >= 4 is 63.7 Å². The maximum atomic E-state index is 3.75. The second-order valence-corrected chi connectivity index (χ2v) is 7.09. The van der Waals surface area contributed by atoms with Crippen molar-refractivity contribution in [3.8, 4) is 0 Å². The third-order valence-electron chi connectivity index (χ3n) is 2.41. The van der Waals surface area contributed by atoms with Gasteiger partial charge in [-0.25, -0.2) is 0 Å². The predicted octanol–water partition coefficient (Wildman–Crippen LogP) is 6.46. The fourth-order valence-corrected chi connectivity index (χ4v) is 4.32. The Bertz CT molecular complexity index is 537. The van der Waals surface area contributed by atoms with Crippen LogP contribution in [0.4, 0.5) is 0 Å². The zero-order valence-corrected chi connectivity index (χ0v) is 15.0. The molecule has 0 radical (unpaired) electrons. The Kier molecular flexibility index (Phi) is 4.87. The summed E-state index contributed by atoms with van der Waals surface area (Å²) < 4.78 is 3.28. The van der Waals surface area contributed by atoms with Gasteiger partial charge in [-0.3, -0.25) is 0 Å². The molecule has 88 valence electrons. The number of alkyl halides is 1. The van der Waals surface area contributed by atoms with Gasteiger partial charge in [0.15, 0.2) is 0 Å². The highest BCUT2D eigenvalue weighted by atomic mass is 79.9. The first-order valence-electron chi connectivity index (χ1n) is 4.93. The highest BCUT2D eigenvalue weighted by Gasteiger charge is 2.16. The van der Waals surface area contributed by atoms with Crippen LogP contribution in [-0.2, 0) is 0 Å². The number of hydrogen-bond acceptors (Lipinski definition) is 0. The molecule has 0 aliphatic carbocycles. The zero-order chi connectivity index (χ0) is 12.4. The third kappa shape index (κ3) is 3.22. The summed E-state index contributed by atoms with van der Waals surface area (Å²) in [7, 11) is 0. The summed E-state index contributed by atoms with van der Waals surface area (Å²) >= 11 is 14.4. The molecule has 0 aliphatic rings. The molecule has 0 heterocycles. The van der Waals surface area contributed by atoms with E-state index in [-0.39, 0.29) is 4.83 Å². The van der Waals surface area contributed by atoms with Crippen LogP contribution in [0.25, 0.3) is 0 Å². The van der Waals surface area contributed by atoms with Crippen LogP contribution in [0.15, 0.2) is 55.9 Å². The van der Waals surface area contributed by atoms with Gasteiger partial charge in [-0.2, -0.15) is 0 Å². The van der Waals surface area contributed by atoms with E-state index in [0.29, 0.717) is 0 Å². The van der Waals surface area contributed by atoms with Gasteiger partial charge in [0, 0.05) is 13.4 Å². The first kappa shape index (κ1) is 13.8. The van der Waals surface area contributed by atoms with E-state index in [2.05, 4.69) is 81.9 Å². The summed E-state index contributed by atoms with van der Waals surface area (Å²) in [5, 5.41) is 0. The van der Waals surface area contributed by atoms with E-state index in [1.807, 2.05) is 24.3 Å². The predicted molar refractivity (Wildman–Crippen MR) is 86.8 cm³/mol. The molecule has 0 spiro atoms. The fraction of sp³-hybridized carbons (Fsp3) is 0.0769. The third-order valence-corrected chi connectivity index (χ3v) is 5.33. The lowest BCUT2D eigenvalue weighted by atomic mass is 10.1. The zero-order valence-electron chi connectivity index (χ0n) is 8.63. The molecule has 4 heteroatoms. The molecule has 0 aliphatic heterocycles. The molecular formula is C13H8Br4. The van der Waals surface area contributed by atoms with Crippen molar-refractivity contribution in [2.75, 3.05) is 0 Å². The summed E-state index contributed by atoms with van der Waals surface area (Å²) in [6, 6.07) is 14.4. The van der Waals surface area contributed by atoms with Gasteiger partial charge in [-0.05, 0) is 35.4 Å². The molecule has 0 nitrogen and oxygen atoms in total. The second-order valence-electron chi connectivity index (χ2n) is 3.55. The largest absolute Gasteiger partial charge is 0.0786 e. The Hall–Kier alpha value is 0.360. The molecule has 1 unspecified atom stereocenters. The molecule has 2 aromatic carbocycles. The number of rotatable bonds is 2. The number of halogens is 4.